The predicted molar refractivity (Wildman–Crippen MR) is 75.7 cm³/mol. The molecule has 0 unspecified atom stereocenters. The molecule has 6 heteroatoms. The van der Waals surface area contributed by atoms with Crippen LogP contribution in [-0.2, 0) is 22.5 Å². The standard InChI is InChI=1S/C14H16N2O3S/c1-18-13(17)7-10-9-20-14(15-10)16(11-4-5-11)8-12-3-2-6-19-12/h2-3,6,9,11H,4-5,7-8H2,1H3. The molecule has 0 bridgehead atoms. The van der Waals surface area contributed by atoms with Crippen molar-refractivity contribution in [3.05, 3.63) is 35.2 Å². The van der Waals surface area contributed by atoms with Crippen molar-refractivity contribution in [2.45, 2.75) is 31.8 Å². The summed E-state index contributed by atoms with van der Waals surface area (Å²) in [6.07, 6.45) is 4.29. The quantitative estimate of drug-likeness (QED) is 0.766. The fourth-order valence-corrected chi connectivity index (χ4v) is 2.94. The molecule has 106 valence electrons. The molecule has 1 fully saturated rings. The third-order valence-corrected chi connectivity index (χ3v) is 4.16. The number of ether oxygens (including phenoxy) is 1. The zero-order valence-electron chi connectivity index (χ0n) is 11.2. The van der Waals surface area contributed by atoms with Crippen LogP contribution in [0.15, 0.2) is 28.2 Å². The molecular formula is C14H16N2O3S. The summed E-state index contributed by atoms with van der Waals surface area (Å²) in [4.78, 5) is 18.1. The van der Waals surface area contributed by atoms with E-state index in [1.807, 2.05) is 17.5 Å². The lowest BCUT2D eigenvalue weighted by atomic mass is 10.3. The molecular weight excluding hydrogens is 276 g/mol. The molecule has 0 atom stereocenters. The summed E-state index contributed by atoms with van der Waals surface area (Å²) in [6.45, 7) is 0.725. The number of aromatic nitrogens is 1. The summed E-state index contributed by atoms with van der Waals surface area (Å²) in [7, 11) is 1.39. The molecule has 2 heterocycles. The molecule has 1 aliphatic rings. The first-order chi connectivity index (χ1) is 9.76. The van der Waals surface area contributed by atoms with E-state index >= 15 is 0 Å². The van der Waals surface area contributed by atoms with Crippen molar-refractivity contribution in [2.24, 2.45) is 0 Å². The fraction of sp³-hybridized carbons (Fsp3) is 0.429. The van der Waals surface area contributed by atoms with E-state index in [-0.39, 0.29) is 12.4 Å². The van der Waals surface area contributed by atoms with Crippen LogP contribution in [0.5, 0.6) is 0 Å². The normalized spacial score (nSPS) is 14.2. The van der Waals surface area contributed by atoms with Gasteiger partial charge in [-0.2, -0.15) is 0 Å². The highest BCUT2D eigenvalue weighted by Gasteiger charge is 2.31. The van der Waals surface area contributed by atoms with Gasteiger partial charge < -0.3 is 14.1 Å². The number of hydrogen-bond acceptors (Lipinski definition) is 6. The van der Waals surface area contributed by atoms with Gasteiger partial charge in [0.1, 0.15) is 5.76 Å². The third kappa shape index (κ3) is 3.01. The van der Waals surface area contributed by atoms with E-state index in [2.05, 4.69) is 14.6 Å². The minimum absolute atomic E-state index is 0.228. The van der Waals surface area contributed by atoms with Crippen LogP contribution in [0.3, 0.4) is 0 Å². The van der Waals surface area contributed by atoms with Crippen molar-refractivity contribution in [1.29, 1.82) is 0 Å². The summed E-state index contributed by atoms with van der Waals surface area (Å²) in [6, 6.07) is 4.40. The molecule has 1 saturated carbocycles. The lowest BCUT2D eigenvalue weighted by Gasteiger charge is -2.19. The Morgan fingerprint density at radius 2 is 2.45 bits per heavy atom. The monoisotopic (exact) mass is 292 g/mol. The van der Waals surface area contributed by atoms with Crippen LogP contribution >= 0.6 is 11.3 Å². The average Bonchev–Trinajstić information content (AvgIpc) is 2.97. The van der Waals surface area contributed by atoms with Gasteiger partial charge in [0.25, 0.3) is 0 Å². The molecule has 0 spiro atoms. The van der Waals surface area contributed by atoms with Crippen LogP contribution < -0.4 is 4.90 Å². The molecule has 0 radical (unpaired) electrons. The van der Waals surface area contributed by atoms with E-state index in [1.165, 1.54) is 20.0 Å². The van der Waals surface area contributed by atoms with E-state index in [0.717, 1.165) is 23.1 Å². The molecule has 0 amide bonds. The number of nitrogens with zero attached hydrogens (tertiary/aromatic N) is 2. The van der Waals surface area contributed by atoms with Crippen LogP contribution in [0.2, 0.25) is 0 Å². The number of methoxy groups -OCH3 is 1. The largest absolute Gasteiger partial charge is 0.469 e. The number of rotatable bonds is 6. The Kier molecular flexibility index (Phi) is 3.73. The minimum atomic E-state index is -0.258. The first-order valence-corrected chi connectivity index (χ1v) is 7.44. The number of esters is 1. The Morgan fingerprint density at radius 3 is 3.10 bits per heavy atom. The van der Waals surface area contributed by atoms with Gasteiger partial charge in [0.05, 0.1) is 32.0 Å². The summed E-state index contributed by atoms with van der Waals surface area (Å²) < 4.78 is 10.1. The highest BCUT2D eigenvalue weighted by Crippen LogP contribution is 2.34. The minimum Gasteiger partial charge on any atom is -0.469 e. The van der Waals surface area contributed by atoms with Crippen LogP contribution in [0.25, 0.3) is 0 Å². The molecule has 20 heavy (non-hydrogen) atoms. The van der Waals surface area contributed by atoms with Crippen LogP contribution in [0, 0.1) is 0 Å². The second kappa shape index (κ2) is 5.66. The molecule has 0 saturated heterocycles. The van der Waals surface area contributed by atoms with E-state index in [1.54, 1.807) is 17.6 Å². The Balaban J connectivity index is 1.73. The highest BCUT2D eigenvalue weighted by molar-refractivity contribution is 7.13. The van der Waals surface area contributed by atoms with Crippen molar-refractivity contribution in [3.63, 3.8) is 0 Å². The molecule has 2 aromatic heterocycles. The topological polar surface area (TPSA) is 55.6 Å². The van der Waals surface area contributed by atoms with Gasteiger partial charge in [-0.15, -0.1) is 11.3 Å². The number of furan rings is 1. The van der Waals surface area contributed by atoms with Gasteiger partial charge in [-0.25, -0.2) is 4.98 Å². The van der Waals surface area contributed by atoms with Gasteiger partial charge in [-0.1, -0.05) is 0 Å². The SMILES string of the molecule is COC(=O)Cc1csc(N(Cc2ccco2)C2CC2)n1. The van der Waals surface area contributed by atoms with Crippen molar-refractivity contribution >= 4 is 22.4 Å². The van der Waals surface area contributed by atoms with Crippen LogP contribution in [-0.4, -0.2) is 24.1 Å². The van der Waals surface area contributed by atoms with Crippen molar-refractivity contribution in [1.82, 2.24) is 4.98 Å². The maximum absolute atomic E-state index is 11.3. The molecule has 5 nitrogen and oxygen atoms in total. The Labute approximate surface area is 121 Å². The van der Waals surface area contributed by atoms with E-state index in [0.29, 0.717) is 6.04 Å². The number of anilines is 1. The van der Waals surface area contributed by atoms with Gasteiger partial charge >= 0.3 is 5.97 Å². The van der Waals surface area contributed by atoms with Crippen LogP contribution in [0.1, 0.15) is 24.3 Å². The average molecular weight is 292 g/mol. The maximum atomic E-state index is 11.3. The first kappa shape index (κ1) is 13.2. The molecule has 3 rings (SSSR count). The number of hydrogen-bond donors (Lipinski definition) is 0. The summed E-state index contributed by atoms with van der Waals surface area (Å²) in [5.41, 5.74) is 0.766. The molecule has 0 aliphatic heterocycles. The van der Waals surface area contributed by atoms with Gasteiger partial charge in [0.2, 0.25) is 0 Å². The second-order valence-corrected chi connectivity index (χ2v) is 5.65. The van der Waals surface area contributed by atoms with E-state index < -0.39 is 0 Å². The molecule has 0 N–H and O–H groups in total. The summed E-state index contributed by atoms with van der Waals surface area (Å²) >= 11 is 1.57. The Hall–Kier alpha value is -1.82. The predicted octanol–water partition coefficient (Wildman–Crippen LogP) is 2.62. The number of thiazole rings is 1. The lowest BCUT2D eigenvalue weighted by molar-refractivity contribution is -0.139. The summed E-state index contributed by atoms with van der Waals surface area (Å²) in [5, 5.41) is 2.87. The number of carbonyl (C=O) groups is 1. The Morgan fingerprint density at radius 1 is 1.60 bits per heavy atom. The first-order valence-electron chi connectivity index (χ1n) is 6.56. The maximum Gasteiger partial charge on any atom is 0.311 e. The summed E-state index contributed by atoms with van der Waals surface area (Å²) in [5.74, 6) is 0.674. The zero-order chi connectivity index (χ0) is 13.9. The molecule has 2 aromatic rings. The second-order valence-electron chi connectivity index (χ2n) is 4.81. The third-order valence-electron chi connectivity index (χ3n) is 3.23. The van der Waals surface area contributed by atoms with Gasteiger partial charge in [0, 0.05) is 11.4 Å². The van der Waals surface area contributed by atoms with Gasteiger partial charge in [-0.3, -0.25) is 4.79 Å². The van der Waals surface area contributed by atoms with E-state index in [4.69, 9.17) is 4.42 Å². The van der Waals surface area contributed by atoms with E-state index in [9.17, 15) is 4.79 Å². The molecule has 0 aromatic carbocycles. The van der Waals surface area contributed by atoms with Crippen LogP contribution in [0.4, 0.5) is 5.13 Å². The lowest BCUT2D eigenvalue weighted by Crippen LogP contribution is -2.24. The molecule has 1 aliphatic carbocycles. The van der Waals surface area contributed by atoms with Crippen molar-refractivity contribution in [2.75, 3.05) is 12.0 Å². The number of carbonyl (C=O) groups excluding carboxylic acids is 1. The Bertz CT molecular complexity index is 575. The fourth-order valence-electron chi connectivity index (χ4n) is 2.04. The van der Waals surface area contributed by atoms with Gasteiger partial charge in [-0.05, 0) is 25.0 Å². The highest BCUT2D eigenvalue weighted by atomic mass is 32.1. The van der Waals surface area contributed by atoms with Crippen molar-refractivity contribution in [3.8, 4) is 0 Å². The van der Waals surface area contributed by atoms with Gasteiger partial charge in [0.15, 0.2) is 5.13 Å². The smallest absolute Gasteiger partial charge is 0.311 e. The zero-order valence-corrected chi connectivity index (χ0v) is 12.1. The van der Waals surface area contributed by atoms with Crippen molar-refractivity contribution < 1.29 is 13.9 Å².